The third-order valence-corrected chi connectivity index (χ3v) is 1.19. The number of hydrogen-bond donors (Lipinski definition) is 0. The molecule has 0 aliphatic heterocycles. The molecule has 0 spiro atoms. The van der Waals surface area contributed by atoms with Crippen LogP contribution in [0.1, 0.15) is 0 Å². The van der Waals surface area contributed by atoms with Crippen molar-refractivity contribution in [3.63, 3.8) is 0 Å². The fourth-order valence-electron chi connectivity index (χ4n) is 0.297. The van der Waals surface area contributed by atoms with Crippen LogP contribution in [0.3, 0.4) is 0 Å². The maximum atomic E-state index is 5.37. The lowest BCUT2D eigenvalue weighted by Gasteiger charge is -1.85. The van der Waals surface area contributed by atoms with E-state index in [9.17, 15) is 0 Å². The molecule has 0 saturated heterocycles. The summed E-state index contributed by atoms with van der Waals surface area (Å²) in [5.74, 6) is 0. The lowest BCUT2D eigenvalue weighted by Crippen LogP contribution is -1.77. The molecule has 2 nitrogen and oxygen atoms in total. The van der Waals surface area contributed by atoms with Gasteiger partial charge in [-0.2, -0.15) is 0 Å². The largest absolute Gasteiger partial charge is 0.225 e. The third kappa shape index (κ3) is 1.42. The summed E-state index contributed by atoms with van der Waals surface area (Å²) in [6.07, 6.45) is 3.19. The Morgan fingerprint density at radius 3 is 2.38 bits per heavy atom. The van der Waals surface area contributed by atoms with Gasteiger partial charge in [-0.15, -0.1) is 0 Å². The maximum absolute atomic E-state index is 5.37. The first kappa shape index (κ1) is 5.98. The summed E-state index contributed by atoms with van der Waals surface area (Å²) in [6.45, 7) is 0. The molecule has 42 valence electrons. The zero-order valence-corrected chi connectivity index (χ0v) is 6.15. The van der Waals surface area contributed by atoms with Gasteiger partial charge in [0.1, 0.15) is 0 Å². The molecule has 0 saturated carbocycles. The predicted molar refractivity (Wildman–Crippen MR) is 34.7 cm³/mol. The highest BCUT2D eigenvalue weighted by Gasteiger charge is 1.86. The summed E-state index contributed by atoms with van der Waals surface area (Å²) in [5.41, 5.74) is 0. The fourth-order valence-corrected chi connectivity index (χ4v) is 0.599. The molecule has 0 bridgehead atoms. The number of nitrogens with zero attached hydrogens (tertiary/aromatic N) is 2. The summed E-state index contributed by atoms with van der Waals surface area (Å²) >= 11 is 8.53. The Kier molecular flexibility index (Phi) is 1.81. The molecule has 8 heavy (non-hydrogen) atoms. The highest BCUT2D eigenvalue weighted by molar-refractivity contribution is 9.10. The van der Waals surface area contributed by atoms with Crippen molar-refractivity contribution in [3.8, 4) is 0 Å². The van der Waals surface area contributed by atoms with Gasteiger partial charge in [0.2, 0.25) is 5.28 Å². The molecule has 0 fully saturated rings. The van der Waals surface area contributed by atoms with E-state index < -0.39 is 0 Å². The molecule has 0 aromatic carbocycles. The van der Waals surface area contributed by atoms with E-state index in [2.05, 4.69) is 25.9 Å². The second kappa shape index (κ2) is 2.42. The van der Waals surface area contributed by atoms with Gasteiger partial charge in [0.15, 0.2) is 0 Å². The zero-order chi connectivity index (χ0) is 5.98. The molecule has 1 aromatic rings. The van der Waals surface area contributed by atoms with Crippen LogP contribution in [0, 0.1) is 0 Å². The van der Waals surface area contributed by atoms with E-state index in [1.165, 1.54) is 0 Å². The molecule has 0 aliphatic rings. The summed E-state index contributed by atoms with van der Waals surface area (Å²) in [7, 11) is 0. The number of halogens is 2. The van der Waals surface area contributed by atoms with E-state index in [1.807, 2.05) is 0 Å². The molecular weight excluding hydrogens is 193 g/mol. The van der Waals surface area contributed by atoms with Crippen LogP contribution in [-0.2, 0) is 0 Å². The number of aromatic nitrogens is 2. The van der Waals surface area contributed by atoms with Gasteiger partial charge >= 0.3 is 0 Å². The van der Waals surface area contributed by atoms with Crippen molar-refractivity contribution in [3.05, 3.63) is 22.1 Å². The Labute approximate surface area is 60.0 Å². The van der Waals surface area contributed by atoms with E-state index in [0.717, 1.165) is 4.47 Å². The van der Waals surface area contributed by atoms with Crippen molar-refractivity contribution >= 4 is 27.5 Å². The van der Waals surface area contributed by atoms with Crippen molar-refractivity contribution in [1.82, 2.24) is 9.97 Å². The lowest BCUT2D eigenvalue weighted by molar-refractivity contribution is 1.15. The van der Waals surface area contributed by atoms with Crippen molar-refractivity contribution in [2.75, 3.05) is 0 Å². The molecular formula is C4H2BrClN2. The first-order chi connectivity index (χ1) is 3.79. The minimum absolute atomic E-state index is 0.271. The normalized spacial score (nSPS) is 9.25. The molecule has 1 heterocycles. The third-order valence-electron chi connectivity index (χ3n) is 0.589. The Balaban J connectivity index is 3.03. The summed E-state index contributed by atoms with van der Waals surface area (Å²) in [4.78, 5) is 7.37. The van der Waals surface area contributed by atoms with Gasteiger partial charge < -0.3 is 0 Å². The summed E-state index contributed by atoms with van der Waals surface area (Å²) < 4.78 is 0.835. The molecule has 0 atom stereocenters. The molecule has 0 N–H and O–H groups in total. The average Bonchev–Trinajstić information content (AvgIpc) is 1.77. The predicted octanol–water partition coefficient (Wildman–Crippen LogP) is 1.89. The monoisotopic (exact) mass is 194 g/mol. The van der Waals surface area contributed by atoms with Crippen molar-refractivity contribution in [2.24, 2.45) is 0 Å². The lowest BCUT2D eigenvalue weighted by atomic mass is 10.7. The second-order valence-electron chi connectivity index (χ2n) is 1.17. The van der Waals surface area contributed by atoms with Gasteiger partial charge in [0.25, 0.3) is 0 Å². The zero-order valence-electron chi connectivity index (χ0n) is 3.81. The molecule has 1 rings (SSSR count). The Hall–Kier alpha value is -0.150. The van der Waals surface area contributed by atoms with Crippen LogP contribution >= 0.6 is 27.5 Å². The number of rotatable bonds is 0. The van der Waals surface area contributed by atoms with Crippen LogP contribution in [0.5, 0.6) is 0 Å². The molecule has 0 unspecified atom stereocenters. The molecule has 0 amide bonds. The quantitative estimate of drug-likeness (QED) is 0.591. The van der Waals surface area contributed by atoms with Gasteiger partial charge in [-0.25, -0.2) is 9.97 Å². The van der Waals surface area contributed by atoms with E-state index in [-0.39, 0.29) is 5.28 Å². The van der Waals surface area contributed by atoms with Crippen LogP contribution in [0.2, 0.25) is 5.28 Å². The molecule has 0 aliphatic carbocycles. The van der Waals surface area contributed by atoms with Gasteiger partial charge in [0, 0.05) is 12.4 Å². The van der Waals surface area contributed by atoms with Crippen LogP contribution in [0.25, 0.3) is 0 Å². The van der Waals surface area contributed by atoms with E-state index >= 15 is 0 Å². The average molecular weight is 195 g/mol. The van der Waals surface area contributed by atoms with Crippen LogP contribution < -0.4 is 0 Å². The number of hydrogen-bond acceptors (Lipinski definition) is 2. The SMILES string of the molecule is Cl[14c]1ncc(Br)cn1. The highest BCUT2D eigenvalue weighted by Crippen LogP contribution is 2.06. The second-order valence-corrected chi connectivity index (χ2v) is 2.42. The smallest absolute Gasteiger partial charge is 0.222 e. The van der Waals surface area contributed by atoms with E-state index in [4.69, 9.17) is 11.6 Å². The topological polar surface area (TPSA) is 25.8 Å². The van der Waals surface area contributed by atoms with Gasteiger partial charge in [-0.05, 0) is 27.5 Å². The minimum atomic E-state index is 0.271. The van der Waals surface area contributed by atoms with Gasteiger partial charge in [-0.1, -0.05) is 0 Å². The molecule has 4 heteroatoms. The minimum Gasteiger partial charge on any atom is -0.225 e. The Morgan fingerprint density at radius 2 is 2.00 bits per heavy atom. The summed E-state index contributed by atoms with van der Waals surface area (Å²) in [5, 5.41) is 0.271. The molecule has 0 radical (unpaired) electrons. The van der Waals surface area contributed by atoms with Gasteiger partial charge in [0.05, 0.1) is 4.47 Å². The van der Waals surface area contributed by atoms with E-state index in [1.54, 1.807) is 12.4 Å². The van der Waals surface area contributed by atoms with Crippen LogP contribution in [-0.4, -0.2) is 9.97 Å². The summed E-state index contributed by atoms with van der Waals surface area (Å²) in [6, 6.07) is 0. The Bertz CT molecular complexity index is 153. The standard InChI is InChI=1S/C4H2BrClN2/c5-3-1-7-4(6)8-2-3/h1-2H/i4+2. The maximum Gasteiger partial charge on any atom is 0.222 e. The van der Waals surface area contributed by atoms with Gasteiger partial charge in [-0.3, -0.25) is 0 Å². The molecule has 1 aromatic heterocycles. The first-order valence-corrected chi connectivity index (χ1v) is 3.09. The highest BCUT2D eigenvalue weighted by atomic mass is 79.9. The first-order valence-electron chi connectivity index (χ1n) is 1.92. The fraction of sp³-hybridized carbons (Fsp3) is 0. The van der Waals surface area contributed by atoms with Crippen molar-refractivity contribution in [1.29, 1.82) is 0 Å². The van der Waals surface area contributed by atoms with Crippen LogP contribution in [0.15, 0.2) is 16.9 Å². The van der Waals surface area contributed by atoms with E-state index in [0.29, 0.717) is 0 Å². The Morgan fingerprint density at radius 1 is 1.50 bits per heavy atom. The van der Waals surface area contributed by atoms with Crippen molar-refractivity contribution in [2.45, 2.75) is 0 Å². The van der Waals surface area contributed by atoms with Crippen molar-refractivity contribution < 1.29 is 0 Å². The van der Waals surface area contributed by atoms with Crippen LogP contribution in [0.4, 0.5) is 0 Å².